The summed E-state index contributed by atoms with van der Waals surface area (Å²) in [6.07, 6.45) is 2.40. The van der Waals surface area contributed by atoms with Crippen LogP contribution in [0.4, 0.5) is 0 Å². The average molecular weight is 243 g/mol. The third-order valence-corrected chi connectivity index (χ3v) is 1.52. The highest BCUT2D eigenvalue weighted by Gasteiger charge is 1.89. The summed E-state index contributed by atoms with van der Waals surface area (Å²) in [6, 6.07) is 0. The highest BCUT2D eigenvalue weighted by atomic mass is 127. The second-order valence-electron chi connectivity index (χ2n) is 2.32. The van der Waals surface area contributed by atoms with Crippen molar-refractivity contribution in [1.29, 1.82) is 0 Å². The molecular formula is C6H14INO. The molecule has 0 radical (unpaired) electrons. The zero-order valence-electron chi connectivity index (χ0n) is 6.06. The van der Waals surface area contributed by atoms with E-state index in [-0.39, 0.29) is 0 Å². The first-order chi connectivity index (χ1) is 4.27. The minimum absolute atomic E-state index is 0.883. The van der Waals surface area contributed by atoms with Crippen LogP contribution in [0.5, 0.6) is 0 Å². The Morgan fingerprint density at radius 3 is 2.44 bits per heavy atom. The lowest BCUT2D eigenvalue weighted by Crippen LogP contribution is -2.13. The number of halogens is 1. The van der Waals surface area contributed by atoms with Gasteiger partial charge in [-0.05, 0) is 33.5 Å². The van der Waals surface area contributed by atoms with Crippen LogP contribution in [-0.4, -0.2) is 32.1 Å². The highest BCUT2D eigenvalue weighted by molar-refractivity contribution is 14.1. The molecule has 0 rings (SSSR count). The smallest absolute Gasteiger partial charge is 0.109 e. The third-order valence-electron chi connectivity index (χ3n) is 1.08. The SMILES string of the molecule is CN(C)CCCCOI. The van der Waals surface area contributed by atoms with E-state index in [4.69, 9.17) is 3.07 Å². The lowest BCUT2D eigenvalue weighted by atomic mass is 10.3. The van der Waals surface area contributed by atoms with Crippen molar-refractivity contribution < 1.29 is 3.07 Å². The topological polar surface area (TPSA) is 12.5 Å². The molecule has 0 saturated heterocycles. The van der Waals surface area contributed by atoms with E-state index in [9.17, 15) is 0 Å². The van der Waals surface area contributed by atoms with Crippen molar-refractivity contribution in [3.8, 4) is 0 Å². The summed E-state index contributed by atoms with van der Waals surface area (Å²) in [6.45, 7) is 2.05. The van der Waals surface area contributed by atoms with Crippen molar-refractivity contribution in [1.82, 2.24) is 4.90 Å². The van der Waals surface area contributed by atoms with E-state index < -0.39 is 0 Å². The molecule has 0 heterocycles. The molecule has 56 valence electrons. The normalized spacial score (nSPS) is 10.7. The molecule has 0 aromatic carbocycles. The lowest BCUT2D eigenvalue weighted by molar-refractivity contribution is 0.355. The lowest BCUT2D eigenvalue weighted by Gasteiger charge is -2.07. The van der Waals surface area contributed by atoms with Crippen LogP contribution in [0.25, 0.3) is 0 Å². The van der Waals surface area contributed by atoms with Crippen LogP contribution >= 0.6 is 23.0 Å². The summed E-state index contributed by atoms with van der Waals surface area (Å²) in [4.78, 5) is 2.19. The summed E-state index contributed by atoms with van der Waals surface area (Å²) in [7, 11) is 4.18. The van der Waals surface area contributed by atoms with Gasteiger partial charge in [0.05, 0.1) is 6.61 Å². The quantitative estimate of drug-likeness (QED) is 0.538. The van der Waals surface area contributed by atoms with Crippen LogP contribution < -0.4 is 0 Å². The van der Waals surface area contributed by atoms with Crippen LogP contribution in [0.1, 0.15) is 12.8 Å². The first kappa shape index (κ1) is 9.65. The molecule has 0 aliphatic carbocycles. The van der Waals surface area contributed by atoms with Crippen molar-refractivity contribution in [3.05, 3.63) is 0 Å². The molecule has 0 unspecified atom stereocenters. The molecule has 0 aliphatic heterocycles. The van der Waals surface area contributed by atoms with Gasteiger partial charge in [-0.1, -0.05) is 0 Å². The van der Waals surface area contributed by atoms with Crippen molar-refractivity contribution in [2.45, 2.75) is 12.8 Å². The van der Waals surface area contributed by atoms with Crippen LogP contribution in [0.3, 0.4) is 0 Å². The molecule has 3 heteroatoms. The van der Waals surface area contributed by atoms with Gasteiger partial charge in [0.15, 0.2) is 0 Å². The van der Waals surface area contributed by atoms with Gasteiger partial charge >= 0.3 is 0 Å². The van der Waals surface area contributed by atoms with Crippen molar-refractivity contribution in [3.63, 3.8) is 0 Å². The molecule has 2 nitrogen and oxygen atoms in total. The van der Waals surface area contributed by atoms with Gasteiger partial charge in [-0.25, -0.2) is 0 Å². The fourth-order valence-corrected chi connectivity index (χ4v) is 0.896. The van der Waals surface area contributed by atoms with Gasteiger partial charge < -0.3 is 7.97 Å². The zero-order chi connectivity index (χ0) is 7.11. The van der Waals surface area contributed by atoms with E-state index in [1.54, 1.807) is 0 Å². The fourth-order valence-electron chi connectivity index (χ4n) is 0.585. The van der Waals surface area contributed by atoms with E-state index in [1.807, 2.05) is 23.0 Å². The van der Waals surface area contributed by atoms with Crippen LogP contribution in [0.2, 0.25) is 0 Å². The van der Waals surface area contributed by atoms with Gasteiger partial charge in [0.25, 0.3) is 0 Å². The van der Waals surface area contributed by atoms with E-state index in [0.717, 1.165) is 6.61 Å². The Bertz CT molecular complexity index is 59.0. The molecule has 0 atom stereocenters. The molecule has 0 N–H and O–H groups in total. The average Bonchev–Trinajstić information content (AvgIpc) is 1.80. The summed E-state index contributed by atoms with van der Waals surface area (Å²) < 4.78 is 4.88. The summed E-state index contributed by atoms with van der Waals surface area (Å²) >= 11 is 1.93. The van der Waals surface area contributed by atoms with Crippen molar-refractivity contribution >= 4 is 23.0 Å². The number of nitrogens with zero attached hydrogens (tertiary/aromatic N) is 1. The van der Waals surface area contributed by atoms with E-state index in [2.05, 4.69) is 19.0 Å². The molecule has 0 saturated carbocycles. The Morgan fingerprint density at radius 1 is 1.33 bits per heavy atom. The largest absolute Gasteiger partial charge is 0.316 e. The van der Waals surface area contributed by atoms with E-state index >= 15 is 0 Å². The maximum atomic E-state index is 4.88. The minimum atomic E-state index is 0.883. The number of hydrogen-bond donors (Lipinski definition) is 0. The van der Waals surface area contributed by atoms with E-state index in [1.165, 1.54) is 19.4 Å². The molecule has 9 heavy (non-hydrogen) atoms. The Kier molecular flexibility index (Phi) is 7.25. The first-order valence-electron chi connectivity index (χ1n) is 3.15. The minimum Gasteiger partial charge on any atom is -0.316 e. The Balaban J connectivity index is 2.75. The van der Waals surface area contributed by atoms with Gasteiger partial charge in [-0.15, -0.1) is 0 Å². The summed E-state index contributed by atoms with van der Waals surface area (Å²) in [5, 5.41) is 0. The fraction of sp³-hybridized carbons (Fsp3) is 1.00. The van der Waals surface area contributed by atoms with Gasteiger partial charge in [0.1, 0.15) is 23.0 Å². The van der Waals surface area contributed by atoms with Gasteiger partial charge in [0.2, 0.25) is 0 Å². The predicted molar refractivity (Wildman–Crippen MR) is 47.8 cm³/mol. The second kappa shape index (κ2) is 6.77. The molecule has 0 fully saturated rings. The highest BCUT2D eigenvalue weighted by Crippen LogP contribution is 1.94. The second-order valence-corrected chi connectivity index (χ2v) is 2.95. The molecule has 0 bridgehead atoms. The number of unbranched alkanes of at least 4 members (excludes halogenated alkanes) is 1. The predicted octanol–water partition coefficient (Wildman–Crippen LogP) is 1.69. The zero-order valence-corrected chi connectivity index (χ0v) is 8.22. The van der Waals surface area contributed by atoms with Crippen molar-refractivity contribution in [2.75, 3.05) is 27.2 Å². The maximum Gasteiger partial charge on any atom is 0.109 e. The molecule has 0 amide bonds. The molecular weight excluding hydrogens is 229 g/mol. The van der Waals surface area contributed by atoms with E-state index in [0.29, 0.717) is 0 Å². The molecule has 0 aliphatic rings. The Labute approximate surface area is 71.3 Å². The van der Waals surface area contributed by atoms with Crippen molar-refractivity contribution in [2.24, 2.45) is 0 Å². The van der Waals surface area contributed by atoms with Crippen LogP contribution in [0, 0.1) is 0 Å². The molecule has 0 aromatic heterocycles. The molecule has 0 aromatic rings. The standard InChI is InChI=1S/C6H14INO/c1-8(2)5-3-4-6-9-7/h3-6H2,1-2H3. The molecule has 0 spiro atoms. The monoisotopic (exact) mass is 243 g/mol. The number of hydrogen-bond acceptors (Lipinski definition) is 2. The summed E-state index contributed by atoms with van der Waals surface area (Å²) in [5.74, 6) is 0. The van der Waals surface area contributed by atoms with Gasteiger partial charge in [-0.2, -0.15) is 0 Å². The Morgan fingerprint density at radius 2 is 2.00 bits per heavy atom. The third kappa shape index (κ3) is 8.65. The maximum absolute atomic E-state index is 4.88. The number of rotatable bonds is 5. The van der Waals surface area contributed by atoms with Gasteiger partial charge in [-0.3, -0.25) is 0 Å². The van der Waals surface area contributed by atoms with Crippen LogP contribution in [0.15, 0.2) is 0 Å². The summed E-state index contributed by atoms with van der Waals surface area (Å²) in [5.41, 5.74) is 0. The Hall–Kier alpha value is 0.650. The van der Waals surface area contributed by atoms with Crippen LogP contribution in [-0.2, 0) is 3.07 Å². The first-order valence-corrected chi connectivity index (χ1v) is 4.03. The van der Waals surface area contributed by atoms with Gasteiger partial charge in [0, 0.05) is 0 Å².